The highest BCUT2D eigenvalue weighted by Crippen LogP contribution is 2.15. The molecule has 0 bridgehead atoms. The maximum atomic E-state index is 11.8. The molecule has 2 rings (SSSR count). The van der Waals surface area contributed by atoms with Gasteiger partial charge in [-0.3, -0.25) is 19.1 Å². The second-order valence-corrected chi connectivity index (χ2v) is 6.03. The molecule has 0 saturated carbocycles. The number of benzene rings is 2. The van der Waals surface area contributed by atoms with E-state index in [4.69, 9.17) is 0 Å². The van der Waals surface area contributed by atoms with E-state index < -0.39 is 15.7 Å². The maximum absolute atomic E-state index is 11.8. The molecule has 0 aliphatic carbocycles. The highest BCUT2D eigenvalue weighted by Gasteiger charge is 2.04. The van der Waals surface area contributed by atoms with Crippen LogP contribution in [0.4, 0.5) is 11.4 Å². The number of carbonyl (C=O) groups excluding carboxylic acids is 1. The number of nitrogens with zero attached hydrogens (tertiary/aromatic N) is 1. The topological polar surface area (TPSA) is 89.3 Å². The molecule has 0 radical (unpaired) electrons. The lowest BCUT2D eigenvalue weighted by Crippen LogP contribution is -2.07. The summed E-state index contributed by atoms with van der Waals surface area (Å²) in [6.45, 7) is 0. The average Bonchev–Trinajstić information content (AvgIpc) is 2.53. The number of amides is 1. The van der Waals surface area contributed by atoms with Crippen molar-refractivity contribution in [3.8, 4) is 0 Å². The van der Waals surface area contributed by atoms with E-state index in [1.807, 2.05) is 0 Å². The summed E-state index contributed by atoms with van der Waals surface area (Å²) in [5.41, 5.74) is 1.11. The minimum atomic E-state index is -1.07. The summed E-state index contributed by atoms with van der Waals surface area (Å²) in [4.78, 5) is 22.7. The van der Waals surface area contributed by atoms with Crippen LogP contribution >= 0.6 is 0 Å². The summed E-state index contributed by atoms with van der Waals surface area (Å²) in [6, 6.07) is 12.7. The van der Waals surface area contributed by atoms with Crippen molar-refractivity contribution in [2.75, 3.05) is 11.6 Å². The first-order valence-electron chi connectivity index (χ1n) is 6.63. The lowest BCUT2D eigenvalue weighted by molar-refractivity contribution is -0.384. The molecule has 0 heterocycles. The average molecular weight is 330 g/mol. The number of carbonyl (C=O) groups is 1. The number of hydrogen-bond acceptors (Lipinski definition) is 4. The van der Waals surface area contributed by atoms with Crippen molar-refractivity contribution >= 4 is 34.2 Å². The van der Waals surface area contributed by atoms with Gasteiger partial charge in [0.15, 0.2) is 0 Å². The van der Waals surface area contributed by atoms with E-state index in [0.29, 0.717) is 16.1 Å². The van der Waals surface area contributed by atoms with Gasteiger partial charge in [0.2, 0.25) is 5.91 Å². The van der Waals surface area contributed by atoms with Crippen molar-refractivity contribution in [3.05, 3.63) is 70.3 Å². The van der Waals surface area contributed by atoms with Crippen molar-refractivity contribution in [1.29, 1.82) is 0 Å². The third-order valence-electron chi connectivity index (χ3n) is 2.96. The number of hydrogen-bond donors (Lipinski definition) is 1. The number of rotatable bonds is 5. The minimum Gasteiger partial charge on any atom is -0.323 e. The van der Waals surface area contributed by atoms with Crippen LogP contribution in [0, 0.1) is 10.1 Å². The van der Waals surface area contributed by atoms with Gasteiger partial charge >= 0.3 is 0 Å². The highest BCUT2D eigenvalue weighted by molar-refractivity contribution is 7.84. The normalized spacial score (nSPS) is 12.0. The van der Waals surface area contributed by atoms with Gasteiger partial charge in [0.1, 0.15) is 0 Å². The zero-order chi connectivity index (χ0) is 16.8. The second kappa shape index (κ2) is 7.46. The van der Waals surface area contributed by atoms with Gasteiger partial charge in [-0.15, -0.1) is 0 Å². The van der Waals surface area contributed by atoms with Gasteiger partial charge in [0.05, 0.1) is 4.92 Å². The van der Waals surface area contributed by atoms with Crippen molar-refractivity contribution in [3.63, 3.8) is 0 Å². The van der Waals surface area contributed by atoms with Crippen LogP contribution in [0.1, 0.15) is 5.56 Å². The Morgan fingerprint density at radius 3 is 2.52 bits per heavy atom. The quantitative estimate of drug-likeness (QED) is 0.518. The molecular weight excluding hydrogens is 316 g/mol. The zero-order valence-corrected chi connectivity index (χ0v) is 13.1. The molecule has 0 aromatic heterocycles. The Bertz CT molecular complexity index is 785. The smallest absolute Gasteiger partial charge is 0.270 e. The zero-order valence-electron chi connectivity index (χ0n) is 12.3. The lowest BCUT2D eigenvalue weighted by Gasteiger charge is -2.03. The summed E-state index contributed by atoms with van der Waals surface area (Å²) in [6.07, 6.45) is 4.37. The van der Waals surface area contributed by atoms with Crippen LogP contribution in [0.15, 0.2) is 59.5 Å². The summed E-state index contributed by atoms with van der Waals surface area (Å²) in [7, 11) is -1.07. The van der Waals surface area contributed by atoms with Gasteiger partial charge in [-0.05, 0) is 35.9 Å². The largest absolute Gasteiger partial charge is 0.323 e. The Morgan fingerprint density at radius 1 is 1.22 bits per heavy atom. The Kier molecular flexibility index (Phi) is 5.37. The van der Waals surface area contributed by atoms with Crippen LogP contribution in [0.5, 0.6) is 0 Å². The molecule has 0 spiro atoms. The molecule has 0 saturated heterocycles. The van der Waals surface area contributed by atoms with Crippen LogP contribution in [-0.4, -0.2) is 21.3 Å². The fourth-order valence-electron chi connectivity index (χ4n) is 1.83. The second-order valence-electron chi connectivity index (χ2n) is 4.65. The predicted molar refractivity (Wildman–Crippen MR) is 89.5 cm³/mol. The fraction of sp³-hybridized carbons (Fsp3) is 0.0625. The van der Waals surface area contributed by atoms with Crippen LogP contribution in [0.3, 0.4) is 0 Å². The standard InChI is InChI=1S/C16H14N2O4S/c1-23(22)15-8-6-13(7-9-15)17-16(19)10-5-12-3-2-4-14(11-12)18(20)21/h2-11H,1H3,(H,17,19)/b10-5+/t23-/m1/s1. The Morgan fingerprint density at radius 2 is 1.91 bits per heavy atom. The van der Waals surface area contributed by atoms with E-state index in [0.717, 1.165) is 0 Å². The Hall–Kier alpha value is -2.80. The van der Waals surface area contributed by atoms with Crippen molar-refractivity contribution in [2.24, 2.45) is 0 Å². The summed E-state index contributed by atoms with van der Waals surface area (Å²) < 4.78 is 11.3. The molecule has 23 heavy (non-hydrogen) atoms. The van der Waals surface area contributed by atoms with Gasteiger partial charge in [0, 0.05) is 45.8 Å². The van der Waals surface area contributed by atoms with E-state index in [-0.39, 0.29) is 11.6 Å². The first-order chi connectivity index (χ1) is 11.0. The van der Waals surface area contributed by atoms with E-state index >= 15 is 0 Å². The SMILES string of the molecule is C[S@@](=O)c1ccc(NC(=O)/C=C/c2cccc([N+](=O)[O-])c2)cc1. The Balaban J connectivity index is 2.02. The van der Waals surface area contributed by atoms with Crippen molar-refractivity contribution < 1.29 is 13.9 Å². The maximum Gasteiger partial charge on any atom is 0.270 e. The van der Waals surface area contributed by atoms with Gasteiger partial charge in [-0.2, -0.15) is 0 Å². The number of nitrogens with one attached hydrogen (secondary N) is 1. The molecule has 2 aromatic rings. The van der Waals surface area contributed by atoms with Gasteiger partial charge in [-0.1, -0.05) is 12.1 Å². The molecule has 0 aliphatic heterocycles. The van der Waals surface area contributed by atoms with Crippen LogP contribution in [-0.2, 0) is 15.6 Å². The Labute approximate surface area is 135 Å². The van der Waals surface area contributed by atoms with E-state index in [1.165, 1.54) is 24.3 Å². The first-order valence-corrected chi connectivity index (χ1v) is 8.18. The van der Waals surface area contributed by atoms with E-state index in [9.17, 15) is 19.1 Å². The molecule has 1 atom stereocenters. The molecule has 0 aliphatic rings. The monoisotopic (exact) mass is 330 g/mol. The summed E-state index contributed by atoms with van der Waals surface area (Å²) in [5, 5.41) is 13.3. The third kappa shape index (κ3) is 4.86. The molecule has 0 unspecified atom stereocenters. The summed E-state index contributed by atoms with van der Waals surface area (Å²) >= 11 is 0. The molecule has 6 nitrogen and oxygen atoms in total. The predicted octanol–water partition coefficient (Wildman–Crippen LogP) is 2.98. The molecule has 1 amide bonds. The molecule has 2 aromatic carbocycles. The molecule has 7 heteroatoms. The highest BCUT2D eigenvalue weighted by atomic mass is 32.2. The minimum absolute atomic E-state index is 0.0317. The van der Waals surface area contributed by atoms with Crippen LogP contribution < -0.4 is 5.32 Å². The first kappa shape index (κ1) is 16.6. The van der Waals surface area contributed by atoms with Crippen molar-refractivity contribution in [1.82, 2.24) is 0 Å². The number of anilines is 1. The lowest BCUT2D eigenvalue weighted by atomic mass is 10.2. The van der Waals surface area contributed by atoms with Gasteiger partial charge in [-0.25, -0.2) is 0 Å². The number of non-ortho nitro benzene ring substituents is 1. The fourth-order valence-corrected chi connectivity index (χ4v) is 2.35. The van der Waals surface area contributed by atoms with E-state index in [1.54, 1.807) is 42.7 Å². The van der Waals surface area contributed by atoms with Gasteiger partial charge < -0.3 is 5.32 Å². The van der Waals surface area contributed by atoms with Crippen LogP contribution in [0.2, 0.25) is 0 Å². The summed E-state index contributed by atoms with van der Waals surface area (Å²) in [5.74, 6) is -0.359. The van der Waals surface area contributed by atoms with Crippen LogP contribution in [0.25, 0.3) is 6.08 Å². The van der Waals surface area contributed by atoms with E-state index in [2.05, 4.69) is 5.32 Å². The third-order valence-corrected chi connectivity index (χ3v) is 3.90. The molecule has 118 valence electrons. The molecule has 1 N–H and O–H groups in total. The molecule has 0 fully saturated rings. The van der Waals surface area contributed by atoms with Crippen molar-refractivity contribution in [2.45, 2.75) is 4.90 Å². The number of nitro benzene ring substituents is 1. The number of nitro groups is 1. The van der Waals surface area contributed by atoms with Gasteiger partial charge in [0.25, 0.3) is 5.69 Å². The molecular formula is C16H14N2O4S.